The van der Waals surface area contributed by atoms with Crippen LogP contribution in [0.15, 0.2) is 36.7 Å². The van der Waals surface area contributed by atoms with Gasteiger partial charge in [-0.1, -0.05) is 12.1 Å². The average Bonchev–Trinajstić information content (AvgIpc) is 2.37. The summed E-state index contributed by atoms with van der Waals surface area (Å²) < 4.78 is 5.26. The molecule has 0 aliphatic heterocycles. The Labute approximate surface area is 106 Å². The first kappa shape index (κ1) is 12.5. The van der Waals surface area contributed by atoms with Crippen molar-refractivity contribution in [1.82, 2.24) is 4.98 Å². The number of anilines is 1. The number of aromatic nitrogens is 1. The zero-order chi connectivity index (χ0) is 13.0. The lowest BCUT2D eigenvalue weighted by Crippen LogP contribution is -2.20. The fourth-order valence-corrected chi connectivity index (χ4v) is 1.66. The van der Waals surface area contributed by atoms with E-state index in [4.69, 9.17) is 4.74 Å². The summed E-state index contributed by atoms with van der Waals surface area (Å²) in [4.78, 5) is 15.8. The maximum absolute atomic E-state index is 11.7. The number of pyridine rings is 1. The standard InChI is InChI=1S/C14H16N2O2/c1-10(2)18-9-14(17)16-13-5-3-4-11-8-15-7-6-12(11)13/h3-8,10H,9H2,1-2H3,(H,16,17). The van der Waals surface area contributed by atoms with Crippen LogP contribution >= 0.6 is 0 Å². The largest absolute Gasteiger partial charge is 0.369 e. The highest BCUT2D eigenvalue weighted by Crippen LogP contribution is 2.21. The summed E-state index contributed by atoms with van der Waals surface area (Å²) in [5.41, 5.74) is 0.784. The van der Waals surface area contributed by atoms with E-state index < -0.39 is 0 Å². The molecule has 0 bridgehead atoms. The van der Waals surface area contributed by atoms with Gasteiger partial charge in [0.25, 0.3) is 0 Å². The van der Waals surface area contributed by atoms with Gasteiger partial charge in [0.05, 0.1) is 6.10 Å². The van der Waals surface area contributed by atoms with E-state index in [1.807, 2.05) is 38.1 Å². The summed E-state index contributed by atoms with van der Waals surface area (Å²) in [6.45, 7) is 3.87. The van der Waals surface area contributed by atoms with Crippen LogP contribution in [0, 0.1) is 0 Å². The number of amides is 1. The van der Waals surface area contributed by atoms with E-state index in [0.717, 1.165) is 16.5 Å². The Kier molecular flexibility index (Phi) is 3.89. The molecule has 0 saturated heterocycles. The van der Waals surface area contributed by atoms with E-state index in [-0.39, 0.29) is 18.6 Å². The molecule has 1 amide bonds. The van der Waals surface area contributed by atoms with Crippen molar-refractivity contribution in [3.05, 3.63) is 36.7 Å². The molecule has 0 saturated carbocycles. The van der Waals surface area contributed by atoms with Crippen LogP contribution in [-0.4, -0.2) is 23.6 Å². The number of fused-ring (bicyclic) bond motifs is 1. The molecule has 4 nitrogen and oxygen atoms in total. The molecule has 2 rings (SSSR count). The number of carbonyl (C=O) groups excluding carboxylic acids is 1. The average molecular weight is 244 g/mol. The fraction of sp³-hybridized carbons (Fsp3) is 0.286. The highest BCUT2D eigenvalue weighted by molar-refractivity contribution is 6.02. The van der Waals surface area contributed by atoms with Crippen molar-refractivity contribution in [3.8, 4) is 0 Å². The summed E-state index contributed by atoms with van der Waals surface area (Å²) in [6.07, 6.45) is 3.53. The van der Waals surface area contributed by atoms with Crippen molar-refractivity contribution in [1.29, 1.82) is 0 Å². The van der Waals surface area contributed by atoms with Crippen LogP contribution in [0.1, 0.15) is 13.8 Å². The lowest BCUT2D eigenvalue weighted by atomic mass is 10.1. The van der Waals surface area contributed by atoms with E-state index in [9.17, 15) is 4.79 Å². The van der Waals surface area contributed by atoms with Gasteiger partial charge in [0.15, 0.2) is 0 Å². The topological polar surface area (TPSA) is 51.2 Å². The summed E-state index contributed by atoms with van der Waals surface area (Å²) in [7, 11) is 0. The van der Waals surface area contributed by atoms with Crippen molar-refractivity contribution in [2.75, 3.05) is 11.9 Å². The van der Waals surface area contributed by atoms with Crippen LogP contribution in [0.3, 0.4) is 0 Å². The monoisotopic (exact) mass is 244 g/mol. The van der Waals surface area contributed by atoms with Gasteiger partial charge in [0.2, 0.25) is 5.91 Å². The summed E-state index contributed by atoms with van der Waals surface area (Å²) >= 11 is 0. The molecular formula is C14H16N2O2. The zero-order valence-electron chi connectivity index (χ0n) is 10.5. The second-order valence-electron chi connectivity index (χ2n) is 4.31. The molecule has 18 heavy (non-hydrogen) atoms. The van der Waals surface area contributed by atoms with E-state index in [1.54, 1.807) is 12.4 Å². The molecule has 4 heteroatoms. The molecule has 0 fully saturated rings. The number of ether oxygens (including phenoxy) is 1. The number of rotatable bonds is 4. The second-order valence-corrected chi connectivity index (χ2v) is 4.31. The molecule has 94 valence electrons. The normalized spacial score (nSPS) is 10.8. The van der Waals surface area contributed by atoms with E-state index in [1.165, 1.54) is 0 Å². The molecular weight excluding hydrogens is 228 g/mol. The van der Waals surface area contributed by atoms with Gasteiger partial charge in [-0.3, -0.25) is 9.78 Å². The summed E-state index contributed by atoms with van der Waals surface area (Å²) in [6, 6.07) is 7.61. The van der Waals surface area contributed by atoms with Crippen LogP contribution in [0.4, 0.5) is 5.69 Å². The Morgan fingerprint density at radius 3 is 3.00 bits per heavy atom. The van der Waals surface area contributed by atoms with Gasteiger partial charge in [0.1, 0.15) is 6.61 Å². The first-order valence-electron chi connectivity index (χ1n) is 5.91. The minimum atomic E-state index is -0.145. The lowest BCUT2D eigenvalue weighted by Gasteiger charge is -2.10. The van der Waals surface area contributed by atoms with Gasteiger partial charge in [-0.15, -0.1) is 0 Å². The molecule has 0 aliphatic rings. The molecule has 1 aromatic carbocycles. The Hall–Kier alpha value is -1.94. The second kappa shape index (κ2) is 5.60. The highest BCUT2D eigenvalue weighted by atomic mass is 16.5. The van der Waals surface area contributed by atoms with Crippen LogP contribution in [-0.2, 0) is 9.53 Å². The molecule has 0 spiro atoms. The van der Waals surface area contributed by atoms with Crippen molar-refractivity contribution in [2.45, 2.75) is 20.0 Å². The van der Waals surface area contributed by atoms with Crippen molar-refractivity contribution in [2.24, 2.45) is 0 Å². The van der Waals surface area contributed by atoms with Gasteiger partial charge in [0, 0.05) is 28.9 Å². The minimum absolute atomic E-state index is 0.0486. The number of nitrogens with zero attached hydrogens (tertiary/aromatic N) is 1. The number of nitrogens with one attached hydrogen (secondary N) is 1. The third-order valence-electron chi connectivity index (χ3n) is 2.50. The predicted octanol–water partition coefficient (Wildman–Crippen LogP) is 2.60. The van der Waals surface area contributed by atoms with Crippen molar-refractivity contribution >= 4 is 22.4 Å². The number of benzene rings is 1. The quantitative estimate of drug-likeness (QED) is 0.899. The number of hydrogen-bond acceptors (Lipinski definition) is 3. The number of carbonyl (C=O) groups is 1. The molecule has 2 aromatic rings. The van der Waals surface area contributed by atoms with Crippen LogP contribution < -0.4 is 5.32 Å². The molecule has 0 unspecified atom stereocenters. The highest BCUT2D eigenvalue weighted by Gasteiger charge is 2.06. The summed E-state index contributed by atoms with van der Waals surface area (Å²) in [5.74, 6) is -0.145. The van der Waals surface area contributed by atoms with Gasteiger partial charge < -0.3 is 10.1 Å². The molecule has 1 heterocycles. The maximum atomic E-state index is 11.7. The Morgan fingerprint density at radius 2 is 2.22 bits per heavy atom. The maximum Gasteiger partial charge on any atom is 0.250 e. The lowest BCUT2D eigenvalue weighted by molar-refractivity contribution is -0.121. The first-order valence-corrected chi connectivity index (χ1v) is 5.91. The van der Waals surface area contributed by atoms with E-state index in [2.05, 4.69) is 10.3 Å². The third-order valence-corrected chi connectivity index (χ3v) is 2.50. The first-order chi connectivity index (χ1) is 8.66. The SMILES string of the molecule is CC(C)OCC(=O)Nc1cccc2cnccc12. The van der Waals surface area contributed by atoms with Gasteiger partial charge in [-0.05, 0) is 26.0 Å². The Balaban J connectivity index is 2.14. The van der Waals surface area contributed by atoms with Crippen molar-refractivity contribution in [3.63, 3.8) is 0 Å². The van der Waals surface area contributed by atoms with Gasteiger partial charge >= 0.3 is 0 Å². The predicted molar refractivity (Wildman–Crippen MR) is 71.5 cm³/mol. The van der Waals surface area contributed by atoms with Crippen molar-refractivity contribution < 1.29 is 9.53 Å². The Morgan fingerprint density at radius 1 is 1.39 bits per heavy atom. The van der Waals surface area contributed by atoms with Crippen LogP contribution in [0.25, 0.3) is 10.8 Å². The van der Waals surface area contributed by atoms with E-state index in [0.29, 0.717) is 0 Å². The summed E-state index contributed by atoms with van der Waals surface area (Å²) in [5, 5.41) is 4.83. The minimum Gasteiger partial charge on any atom is -0.369 e. The molecule has 1 N–H and O–H groups in total. The zero-order valence-corrected chi connectivity index (χ0v) is 10.5. The Bertz CT molecular complexity index is 547. The molecule has 0 radical (unpaired) electrons. The molecule has 0 atom stereocenters. The van der Waals surface area contributed by atoms with Crippen LogP contribution in [0.5, 0.6) is 0 Å². The molecule has 1 aromatic heterocycles. The number of hydrogen-bond donors (Lipinski definition) is 1. The van der Waals surface area contributed by atoms with Gasteiger partial charge in [-0.2, -0.15) is 0 Å². The van der Waals surface area contributed by atoms with Gasteiger partial charge in [-0.25, -0.2) is 0 Å². The smallest absolute Gasteiger partial charge is 0.250 e. The fourth-order valence-electron chi connectivity index (χ4n) is 1.66. The third kappa shape index (κ3) is 3.05. The van der Waals surface area contributed by atoms with E-state index >= 15 is 0 Å². The van der Waals surface area contributed by atoms with Crippen LogP contribution in [0.2, 0.25) is 0 Å². The molecule has 0 aliphatic carbocycles.